The van der Waals surface area contributed by atoms with Crippen molar-refractivity contribution < 1.29 is 4.79 Å². The van der Waals surface area contributed by atoms with Gasteiger partial charge in [0.25, 0.3) is 0 Å². The lowest BCUT2D eigenvalue weighted by Crippen LogP contribution is -2.44. The van der Waals surface area contributed by atoms with Gasteiger partial charge in [-0.25, -0.2) is 4.98 Å². The zero-order valence-electron chi connectivity index (χ0n) is 12.6. The lowest BCUT2D eigenvalue weighted by atomic mass is 9.96. The van der Waals surface area contributed by atoms with Gasteiger partial charge in [-0.15, -0.1) is 0 Å². The Labute approximate surface area is 131 Å². The molecule has 116 valence electrons. The van der Waals surface area contributed by atoms with Crippen molar-refractivity contribution in [3.63, 3.8) is 0 Å². The van der Waals surface area contributed by atoms with Gasteiger partial charge in [0.1, 0.15) is 0 Å². The van der Waals surface area contributed by atoms with E-state index in [1.54, 1.807) is 18.3 Å². The smallest absolute Gasteiger partial charge is 0.241 e. The van der Waals surface area contributed by atoms with E-state index in [0.717, 1.165) is 12.8 Å². The molecule has 0 unspecified atom stereocenters. The van der Waals surface area contributed by atoms with Crippen LogP contribution in [0.25, 0.3) is 0 Å². The summed E-state index contributed by atoms with van der Waals surface area (Å²) in [6, 6.07) is 3.73. The third kappa shape index (κ3) is 5.29. The number of anilines is 1. The van der Waals surface area contributed by atoms with E-state index in [2.05, 4.69) is 15.6 Å². The molecule has 1 heterocycles. The van der Waals surface area contributed by atoms with Crippen LogP contribution in [0.15, 0.2) is 18.3 Å². The molecule has 1 aliphatic rings. The first kappa shape index (κ1) is 16.2. The molecule has 0 bridgehead atoms. The molecule has 0 aliphatic heterocycles. The van der Waals surface area contributed by atoms with E-state index in [4.69, 9.17) is 11.6 Å². The number of amides is 1. The fourth-order valence-electron chi connectivity index (χ4n) is 2.77. The number of pyridine rings is 1. The Bertz CT molecular complexity index is 459. The zero-order valence-corrected chi connectivity index (χ0v) is 13.3. The summed E-state index contributed by atoms with van der Waals surface area (Å²) >= 11 is 5.96. The van der Waals surface area contributed by atoms with E-state index in [9.17, 15) is 4.79 Å². The van der Waals surface area contributed by atoms with Crippen LogP contribution in [0.3, 0.4) is 0 Å². The second-order valence-corrected chi connectivity index (χ2v) is 6.12. The number of nitrogens with one attached hydrogen (secondary N) is 2. The molecule has 0 aromatic carbocycles. The number of halogens is 1. The van der Waals surface area contributed by atoms with Crippen molar-refractivity contribution in [2.45, 2.75) is 64.0 Å². The highest BCUT2D eigenvalue weighted by Gasteiger charge is 2.19. The number of hydrogen-bond donors (Lipinski definition) is 2. The largest absolute Gasteiger partial charge is 0.322 e. The highest BCUT2D eigenvalue weighted by molar-refractivity contribution is 6.32. The lowest BCUT2D eigenvalue weighted by Gasteiger charge is -2.24. The first-order valence-electron chi connectivity index (χ1n) is 7.84. The van der Waals surface area contributed by atoms with Crippen LogP contribution in [-0.4, -0.2) is 23.0 Å². The summed E-state index contributed by atoms with van der Waals surface area (Å²) in [5.74, 6) is -0.0630. The summed E-state index contributed by atoms with van der Waals surface area (Å²) in [6.45, 7) is 1.90. The average molecular weight is 310 g/mol. The van der Waals surface area contributed by atoms with Crippen LogP contribution in [0.2, 0.25) is 5.15 Å². The molecule has 1 aliphatic carbocycles. The molecule has 1 atom stereocenters. The summed E-state index contributed by atoms with van der Waals surface area (Å²) in [4.78, 5) is 16.2. The number of rotatable bonds is 4. The van der Waals surface area contributed by atoms with Crippen molar-refractivity contribution in [2.75, 3.05) is 5.32 Å². The van der Waals surface area contributed by atoms with Crippen LogP contribution >= 0.6 is 11.6 Å². The molecular formula is C16H24ClN3O. The van der Waals surface area contributed by atoms with Crippen LogP contribution in [0.1, 0.15) is 51.9 Å². The topological polar surface area (TPSA) is 54.0 Å². The van der Waals surface area contributed by atoms with Crippen molar-refractivity contribution in [2.24, 2.45) is 0 Å². The predicted molar refractivity (Wildman–Crippen MR) is 86.6 cm³/mol. The number of carbonyl (C=O) groups is 1. The van der Waals surface area contributed by atoms with Crippen molar-refractivity contribution in [3.05, 3.63) is 23.5 Å². The molecule has 1 amide bonds. The van der Waals surface area contributed by atoms with Crippen LogP contribution in [0, 0.1) is 0 Å². The fraction of sp³-hybridized carbons (Fsp3) is 0.625. The average Bonchev–Trinajstić information content (AvgIpc) is 2.44. The highest BCUT2D eigenvalue weighted by Crippen LogP contribution is 2.19. The van der Waals surface area contributed by atoms with Crippen molar-refractivity contribution in [1.82, 2.24) is 10.3 Å². The SMILES string of the molecule is C[C@H](NC1CCCCCCC1)C(=O)Nc1cccnc1Cl. The maximum atomic E-state index is 12.2. The van der Waals surface area contributed by atoms with E-state index in [0.29, 0.717) is 16.9 Å². The van der Waals surface area contributed by atoms with Crippen molar-refractivity contribution >= 4 is 23.2 Å². The van der Waals surface area contributed by atoms with E-state index in [1.165, 1.54) is 32.1 Å². The minimum atomic E-state index is -0.231. The molecule has 1 aromatic rings. The van der Waals surface area contributed by atoms with Gasteiger partial charge in [-0.2, -0.15) is 0 Å². The number of aromatic nitrogens is 1. The van der Waals surface area contributed by atoms with Gasteiger partial charge in [-0.05, 0) is 31.9 Å². The minimum Gasteiger partial charge on any atom is -0.322 e. The molecule has 21 heavy (non-hydrogen) atoms. The van der Waals surface area contributed by atoms with Gasteiger partial charge in [0, 0.05) is 12.2 Å². The number of carbonyl (C=O) groups excluding carboxylic acids is 1. The van der Waals surface area contributed by atoms with Gasteiger partial charge in [-0.3, -0.25) is 4.79 Å². The van der Waals surface area contributed by atoms with Gasteiger partial charge in [-0.1, -0.05) is 43.7 Å². The van der Waals surface area contributed by atoms with Crippen LogP contribution in [0.5, 0.6) is 0 Å². The molecule has 1 fully saturated rings. The second kappa shape index (κ2) is 8.35. The van der Waals surface area contributed by atoms with Crippen molar-refractivity contribution in [3.8, 4) is 0 Å². The highest BCUT2D eigenvalue weighted by atomic mass is 35.5. The minimum absolute atomic E-state index is 0.0630. The van der Waals surface area contributed by atoms with Gasteiger partial charge in [0.2, 0.25) is 5.91 Å². The quantitative estimate of drug-likeness (QED) is 0.833. The Balaban J connectivity index is 1.85. The van der Waals surface area contributed by atoms with Crippen LogP contribution < -0.4 is 10.6 Å². The third-order valence-electron chi connectivity index (χ3n) is 4.00. The van der Waals surface area contributed by atoms with Gasteiger partial charge in [0.05, 0.1) is 11.7 Å². The maximum Gasteiger partial charge on any atom is 0.241 e. The normalized spacial score (nSPS) is 18.6. The van der Waals surface area contributed by atoms with Crippen molar-refractivity contribution in [1.29, 1.82) is 0 Å². The molecule has 5 heteroatoms. The molecule has 0 saturated heterocycles. The molecule has 0 spiro atoms. The predicted octanol–water partition coefficient (Wildman–Crippen LogP) is 3.76. The zero-order chi connectivity index (χ0) is 15.1. The van der Waals surface area contributed by atoms with Crippen LogP contribution in [0.4, 0.5) is 5.69 Å². The summed E-state index contributed by atoms with van der Waals surface area (Å²) in [5, 5.41) is 6.61. The van der Waals surface area contributed by atoms with E-state index < -0.39 is 0 Å². The van der Waals surface area contributed by atoms with E-state index >= 15 is 0 Å². The summed E-state index contributed by atoms with van der Waals surface area (Å²) < 4.78 is 0. The molecule has 2 rings (SSSR count). The Morgan fingerprint density at radius 2 is 1.95 bits per heavy atom. The van der Waals surface area contributed by atoms with Gasteiger partial charge in [0.15, 0.2) is 5.15 Å². The van der Waals surface area contributed by atoms with Gasteiger partial charge < -0.3 is 10.6 Å². The van der Waals surface area contributed by atoms with Gasteiger partial charge >= 0.3 is 0 Å². The Morgan fingerprint density at radius 3 is 2.62 bits per heavy atom. The van der Waals surface area contributed by atoms with E-state index in [1.807, 2.05) is 6.92 Å². The lowest BCUT2D eigenvalue weighted by molar-refractivity contribution is -0.118. The second-order valence-electron chi connectivity index (χ2n) is 5.76. The summed E-state index contributed by atoms with van der Waals surface area (Å²) in [5.41, 5.74) is 0.565. The summed E-state index contributed by atoms with van der Waals surface area (Å²) in [6.07, 6.45) is 10.4. The standard InChI is InChI=1S/C16H24ClN3O/c1-12(19-13-8-5-3-2-4-6-9-13)16(21)20-14-10-7-11-18-15(14)17/h7,10-13,19H,2-6,8-9H2,1H3,(H,20,21)/t12-/m0/s1. The number of nitrogens with zero attached hydrogens (tertiary/aromatic N) is 1. The molecular weight excluding hydrogens is 286 g/mol. The summed E-state index contributed by atoms with van der Waals surface area (Å²) in [7, 11) is 0. The first-order chi connectivity index (χ1) is 10.2. The third-order valence-corrected chi connectivity index (χ3v) is 4.30. The number of hydrogen-bond acceptors (Lipinski definition) is 3. The molecule has 0 radical (unpaired) electrons. The van der Waals surface area contributed by atoms with Crippen LogP contribution in [-0.2, 0) is 4.79 Å². The molecule has 1 aromatic heterocycles. The Hall–Kier alpha value is -1.13. The first-order valence-corrected chi connectivity index (χ1v) is 8.22. The Morgan fingerprint density at radius 1 is 1.29 bits per heavy atom. The molecule has 4 nitrogen and oxygen atoms in total. The Kier molecular flexibility index (Phi) is 6.46. The molecule has 2 N–H and O–H groups in total. The fourth-order valence-corrected chi connectivity index (χ4v) is 2.94. The molecule has 1 saturated carbocycles. The monoisotopic (exact) mass is 309 g/mol. The maximum absolute atomic E-state index is 12.2. The van der Waals surface area contributed by atoms with E-state index in [-0.39, 0.29) is 11.9 Å².